The number of benzene rings is 4. The van der Waals surface area contributed by atoms with E-state index in [1.54, 1.807) is 0 Å². The first-order chi connectivity index (χ1) is 14.4. The Morgan fingerprint density at radius 1 is 0.433 bits per heavy atom. The number of hydrogen-bond acceptors (Lipinski definition) is 3. The third-order valence-electron chi connectivity index (χ3n) is 5.52. The molecule has 4 aromatic carbocycles. The first kappa shape index (κ1) is 19.4. The molecule has 0 bridgehead atoms. The Hall–Kier alpha value is -2.56. The van der Waals surface area contributed by atoms with Gasteiger partial charge in [-0.05, 0) is 24.3 Å². The largest absolute Gasteiger partial charge is 0.457 e. The van der Waals surface area contributed by atoms with Crippen LogP contribution in [0.25, 0.3) is 0 Å². The number of hydrogen-bond donors (Lipinski definition) is 0. The van der Waals surface area contributed by atoms with E-state index in [0.29, 0.717) is 0 Å². The average Bonchev–Trinajstić information content (AvgIpc) is 2.78. The molecule has 0 aliphatic carbocycles. The van der Waals surface area contributed by atoms with Gasteiger partial charge in [-0.3, -0.25) is 0 Å². The van der Waals surface area contributed by atoms with Gasteiger partial charge in [-0.25, -0.2) is 0 Å². The molecule has 0 fully saturated rings. The van der Waals surface area contributed by atoms with E-state index in [0.717, 1.165) is 45.3 Å². The summed E-state index contributed by atoms with van der Waals surface area (Å²) in [5.74, 6) is 3.35. The Balaban J connectivity index is 0.00000193. The summed E-state index contributed by atoms with van der Waals surface area (Å²) >= 11 is 0. The molecule has 0 N–H and O–H groups in total. The number of ether oxygens (including phenoxy) is 3. The summed E-state index contributed by atoms with van der Waals surface area (Å²) in [7, 11) is 0. The van der Waals surface area contributed by atoms with E-state index in [4.69, 9.17) is 14.2 Å². The van der Waals surface area contributed by atoms with Gasteiger partial charge in [-0.2, -0.15) is 0 Å². The Kier molecular flexibility index (Phi) is 5.13. The van der Waals surface area contributed by atoms with Crippen LogP contribution in [0.4, 0.5) is 0 Å². The molecule has 0 atom stereocenters. The second-order valence-corrected chi connectivity index (χ2v) is 7.25. The van der Waals surface area contributed by atoms with Gasteiger partial charge in [0.25, 0.3) is 0 Å². The predicted molar refractivity (Wildman–Crippen MR) is 118 cm³/mol. The Morgan fingerprint density at radius 3 is 1.00 bits per heavy atom. The molecule has 0 unspecified atom stereocenters. The van der Waals surface area contributed by atoms with Crippen LogP contribution in [0.5, 0.6) is 23.0 Å². The second kappa shape index (κ2) is 7.93. The molecular weight excluding hydrogens is 383 g/mol. The molecule has 142 valence electrons. The van der Waals surface area contributed by atoms with Crippen molar-refractivity contribution in [1.29, 1.82) is 0 Å². The average molecular weight is 402 g/mol. The maximum Gasteiger partial charge on any atom is 0.133 e. The normalized spacial score (nSPS) is 14.1. The van der Waals surface area contributed by atoms with E-state index in [9.17, 15) is 0 Å². The fraction of sp³-hybridized carbons (Fsp3) is 0.0769. The molecule has 6 rings (SSSR count). The van der Waals surface area contributed by atoms with Crippen LogP contribution in [-0.4, -0.2) is 29.6 Å². The van der Waals surface area contributed by atoms with Crippen molar-refractivity contribution in [2.24, 2.45) is 0 Å². The number of fused-ring (bicyclic) bond motifs is 4. The summed E-state index contributed by atoms with van der Waals surface area (Å²) in [5.41, 5.74) is 4.14. The van der Waals surface area contributed by atoms with Gasteiger partial charge in [0.05, 0.1) is 0 Å². The topological polar surface area (TPSA) is 27.7 Å². The third kappa shape index (κ3) is 3.15. The smallest absolute Gasteiger partial charge is 0.133 e. The van der Waals surface area contributed by atoms with Gasteiger partial charge in [0.15, 0.2) is 0 Å². The van der Waals surface area contributed by atoms with Gasteiger partial charge in [-0.15, -0.1) is 0 Å². The van der Waals surface area contributed by atoms with Crippen LogP contribution in [0, 0.1) is 0 Å². The summed E-state index contributed by atoms with van der Waals surface area (Å²) in [5, 5.41) is 0. The summed E-state index contributed by atoms with van der Waals surface area (Å²) in [6, 6.07) is 32.3. The zero-order valence-corrected chi connectivity index (χ0v) is 15.6. The van der Waals surface area contributed by atoms with E-state index < -0.39 is 0 Å². The number of rotatable bonds is 2. The number of para-hydroxylation sites is 4. The molecule has 2 aliphatic rings. The van der Waals surface area contributed by atoms with Crippen LogP contribution in [0.15, 0.2) is 97.1 Å². The summed E-state index contributed by atoms with van der Waals surface area (Å²) in [6.45, 7) is 0. The molecule has 0 aromatic heterocycles. The van der Waals surface area contributed by atoms with Crippen molar-refractivity contribution in [3.05, 3.63) is 119 Å². The van der Waals surface area contributed by atoms with Crippen LogP contribution in [0.3, 0.4) is 0 Å². The van der Waals surface area contributed by atoms with Crippen molar-refractivity contribution in [3.8, 4) is 23.0 Å². The van der Waals surface area contributed by atoms with Crippen molar-refractivity contribution in [2.45, 2.75) is 12.2 Å². The van der Waals surface area contributed by atoms with Gasteiger partial charge in [0.1, 0.15) is 35.2 Å². The van der Waals surface area contributed by atoms with E-state index >= 15 is 0 Å². The van der Waals surface area contributed by atoms with Gasteiger partial charge in [0, 0.05) is 22.3 Å². The van der Waals surface area contributed by atoms with Gasteiger partial charge in [-0.1, -0.05) is 72.8 Å². The molecular formula is C26H19NaO3. The molecule has 0 radical (unpaired) electrons. The predicted octanol–water partition coefficient (Wildman–Crippen LogP) is 6.15. The zero-order chi connectivity index (χ0) is 19.2. The first-order valence-corrected chi connectivity index (χ1v) is 9.75. The minimum absolute atomic E-state index is 0. The van der Waals surface area contributed by atoms with Crippen molar-refractivity contribution < 1.29 is 14.2 Å². The van der Waals surface area contributed by atoms with Crippen molar-refractivity contribution in [3.63, 3.8) is 0 Å². The monoisotopic (exact) mass is 402 g/mol. The molecule has 0 amide bonds. The molecule has 0 spiro atoms. The maximum absolute atomic E-state index is 6.88. The minimum Gasteiger partial charge on any atom is -0.457 e. The Bertz CT molecular complexity index is 1030. The van der Waals surface area contributed by atoms with Gasteiger partial charge in [0.2, 0.25) is 0 Å². The molecule has 0 saturated heterocycles. The van der Waals surface area contributed by atoms with Crippen molar-refractivity contribution in [1.82, 2.24) is 0 Å². The fourth-order valence-electron chi connectivity index (χ4n) is 4.16. The van der Waals surface area contributed by atoms with Crippen LogP contribution in [-0.2, 0) is 4.74 Å². The zero-order valence-electron chi connectivity index (χ0n) is 15.6. The Labute approximate surface area is 197 Å². The van der Waals surface area contributed by atoms with Crippen LogP contribution >= 0.6 is 0 Å². The van der Waals surface area contributed by atoms with Crippen molar-refractivity contribution >= 4 is 29.6 Å². The molecule has 0 saturated carbocycles. The fourth-order valence-corrected chi connectivity index (χ4v) is 4.16. The minimum atomic E-state index is -0.236. The second-order valence-electron chi connectivity index (χ2n) is 7.25. The van der Waals surface area contributed by atoms with Crippen LogP contribution in [0.1, 0.15) is 34.5 Å². The van der Waals surface area contributed by atoms with E-state index in [-0.39, 0.29) is 41.8 Å². The van der Waals surface area contributed by atoms with E-state index in [1.165, 1.54) is 0 Å². The molecule has 3 nitrogen and oxygen atoms in total. The molecule has 2 heterocycles. The molecule has 2 aliphatic heterocycles. The maximum atomic E-state index is 6.88. The van der Waals surface area contributed by atoms with Crippen LogP contribution in [0.2, 0.25) is 0 Å². The van der Waals surface area contributed by atoms with Crippen molar-refractivity contribution in [2.75, 3.05) is 0 Å². The van der Waals surface area contributed by atoms with Gasteiger partial charge < -0.3 is 14.2 Å². The SMILES string of the molecule is [NaH].c1ccc2c(c1)Oc1ccccc1C2OC1c2ccccc2Oc2ccccc21. The third-order valence-corrected chi connectivity index (χ3v) is 5.52. The van der Waals surface area contributed by atoms with E-state index in [1.807, 2.05) is 72.8 Å². The quantitative estimate of drug-likeness (QED) is 0.377. The summed E-state index contributed by atoms with van der Waals surface area (Å²) < 4.78 is 19.1. The molecule has 4 aromatic rings. The first-order valence-electron chi connectivity index (χ1n) is 9.75. The van der Waals surface area contributed by atoms with Gasteiger partial charge >= 0.3 is 29.6 Å². The summed E-state index contributed by atoms with van der Waals surface area (Å²) in [4.78, 5) is 0. The van der Waals surface area contributed by atoms with Crippen LogP contribution < -0.4 is 9.47 Å². The standard InChI is InChI=1S/C26H18O3.Na.H/c1-5-13-21-17(9-1)25(18-10-2-6-14-22(18)27-21)29-26-19-11-3-7-15-23(19)28-24-16-8-4-12-20(24)26;;/h1-16,25-26H;;. The summed E-state index contributed by atoms with van der Waals surface area (Å²) in [6.07, 6.45) is -0.472. The molecule has 30 heavy (non-hydrogen) atoms. The Morgan fingerprint density at radius 2 is 0.700 bits per heavy atom. The molecule has 4 heteroatoms. The van der Waals surface area contributed by atoms with E-state index in [2.05, 4.69) is 24.3 Å².